The van der Waals surface area contributed by atoms with Gasteiger partial charge >= 0.3 is 0 Å². The monoisotopic (exact) mass is 330 g/mol. The van der Waals surface area contributed by atoms with E-state index in [1.807, 2.05) is 40.8 Å². The molecule has 23 heavy (non-hydrogen) atoms. The standard InChI is InChI=1S/C16H18N4O2S/c1-19-12-4-2-3-5-13(12)23-16(19)18-17-15(22)10-8-14(21)20(9-10)11-6-7-11/h2-5,10-11H,6-9H2,1H3,(H,17,22). The van der Waals surface area contributed by atoms with Crippen LogP contribution in [0.15, 0.2) is 29.4 Å². The summed E-state index contributed by atoms with van der Waals surface area (Å²) in [5.74, 6) is -0.356. The van der Waals surface area contributed by atoms with E-state index >= 15 is 0 Å². The number of nitrogens with one attached hydrogen (secondary N) is 1. The van der Waals surface area contributed by atoms with Crippen LogP contribution in [0.1, 0.15) is 19.3 Å². The lowest BCUT2D eigenvalue weighted by atomic mass is 10.1. The number of fused-ring (bicyclic) bond motifs is 1. The van der Waals surface area contributed by atoms with E-state index in [1.165, 1.54) is 11.3 Å². The van der Waals surface area contributed by atoms with Crippen molar-refractivity contribution in [3.63, 3.8) is 0 Å². The molecule has 0 radical (unpaired) electrons. The minimum Gasteiger partial charge on any atom is -0.339 e. The highest BCUT2D eigenvalue weighted by molar-refractivity contribution is 7.16. The molecular formula is C16H18N4O2S. The van der Waals surface area contributed by atoms with E-state index in [-0.39, 0.29) is 17.7 Å². The molecule has 2 heterocycles. The predicted octanol–water partition coefficient (Wildman–Crippen LogP) is 1.18. The van der Waals surface area contributed by atoms with Crippen LogP contribution >= 0.6 is 11.3 Å². The zero-order valence-electron chi connectivity index (χ0n) is 12.9. The summed E-state index contributed by atoms with van der Waals surface area (Å²) in [5, 5.41) is 4.25. The Kier molecular flexibility index (Phi) is 3.45. The molecule has 1 aromatic heterocycles. The topological polar surface area (TPSA) is 66.7 Å². The highest BCUT2D eigenvalue weighted by Gasteiger charge is 2.41. The Morgan fingerprint density at radius 2 is 2.13 bits per heavy atom. The molecule has 6 nitrogen and oxygen atoms in total. The zero-order valence-corrected chi connectivity index (χ0v) is 13.7. The van der Waals surface area contributed by atoms with Gasteiger partial charge in [0.15, 0.2) is 0 Å². The quantitative estimate of drug-likeness (QED) is 0.859. The van der Waals surface area contributed by atoms with Crippen molar-refractivity contribution in [2.45, 2.75) is 25.3 Å². The highest BCUT2D eigenvalue weighted by atomic mass is 32.1. The number of thiazole rings is 1. The average Bonchev–Trinajstić information content (AvgIpc) is 3.25. The molecular weight excluding hydrogens is 312 g/mol. The van der Waals surface area contributed by atoms with E-state index < -0.39 is 0 Å². The Labute approximate surface area is 137 Å². The summed E-state index contributed by atoms with van der Waals surface area (Å²) in [6.45, 7) is 0.531. The van der Waals surface area contributed by atoms with Crippen molar-refractivity contribution in [1.82, 2.24) is 14.9 Å². The second kappa shape index (κ2) is 5.49. The number of carbonyl (C=O) groups excluding carboxylic acids is 2. The molecule has 1 aliphatic heterocycles. The number of hydrogen-bond donors (Lipinski definition) is 1. The van der Waals surface area contributed by atoms with E-state index in [0.717, 1.165) is 27.9 Å². The fourth-order valence-electron chi connectivity index (χ4n) is 3.03. The van der Waals surface area contributed by atoms with Crippen LogP contribution in [-0.2, 0) is 16.6 Å². The molecule has 2 amide bonds. The van der Waals surface area contributed by atoms with Crippen molar-refractivity contribution in [3.05, 3.63) is 29.1 Å². The van der Waals surface area contributed by atoms with Gasteiger partial charge in [0.1, 0.15) is 0 Å². The first kappa shape index (κ1) is 14.4. The lowest BCUT2D eigenvalue weighted by Gasteiger charge is -2.14. The van der Waals surface area contributed by atoms with Gasteiger partial charge in [-0.3, -0.25) is 9.59 Å². The molecule has 1 aliphatic carbocycles. The summed E-state index contributed by atoms with van der Waals surface area (Å²) in [4.78, 5) is 26.8. The first-order valence-corrected chi connectivity index (χ1v) is 8.63. The van der Waals surface area contributed by atoms with Crippen molar-refractivity contribution in [3.8, 4) is 0 Å². The second-order valence-electron chi connectivity index (χ2n) is 6.18. The predicted molar refractivity (Wildman–Crippen MR) is 87.3 cm³/mol. The first-order valence-electron chi connectivity index (χ1n) is 7.81. The normalized spacial score (nSPS) is 22.1. The molecule has 1 N–H and O–H groups in total. The third-order valence-corrected chi connectivity index (χ3v) is 5.61. The van der Waals surface area contributed by atoms with Gasteiger partial charge in [0, 0.05) is 26.1 Å². The van der Waals surface area contributed by atoms with E-state index in [1.54, 1.807) is 0 Å². The van der Waals surface area contributed by atoms with Gasteiger partial charge in [-0.15, -0.1) is 5.10 Å². The number of carbonyl (C=O) groups is 2. The van der Waals surface area contributed by atoms with Gasteiger partial charge in [-0.05, 0) is 25.0 Å². The molecule has 1 saturated carbocycles. The molecule has 1 unspecified atom stereocenters. The molecule has 0 spiro atoms. The summed E-state index contributed by atoms with van der Waals surface area (Å²) >= 11 is 1.53. The van der Waals surface area contributed by atoms with Gasteiger partial charge in [-0.1, -0.05) is 23.5 Å². The van der Waals surface area contributed by atoms with Crippen LogP contribution in [0.4, 0.5) is 0 Å². The third kappa shape index (κ3) is 2.65. The first-order chi connectivity index (χ1) is 11.1. The summed E-state index contributed by atoms with van der Waals surface area (Å²) in [6.07, 6.45) is 2.44. The molecule has 2 aromatic rings. The molecule has 4 rings (SSSR count). The summed E-state index contributed by atoms with van der Waals surface area (Å²) in [7, 11) is 1.93. The fourth-order valence-corrected chi connectivity index (χ4v) is 4.01. The van der Waals surface area contributed by atoms with Crippen molar-refractivity contribution in [2.75, 3.05) is 6.54 Å². The highest BCUT2D eigenvalue weighted by Crippen LogP contribution is 2.32. The van der Waals surface area contributed by atoms with Crippen molar-refractivity contribution < 1.29 is 9.59 Å². The molecule has 2 aliphatic rings. The number of nitrogens with zero attached hydrogens (tertiary/aromatic N) is 3. The Morgan fingerprint density at radius 1 is 1.35 bits per heavy atom. The van der Waals surface area contributed by atoms with Crippen molar-refractivity contribution >= 4 is 33.4 Å². The van der Waals surface area contributed by atoms with Crippen LogP contribution < -0.4 is 10.2 Å². The van der Waals surface area contributed by atoms with Crippen LogP contribution in [0.2, 0.25) is 0 Å². The maximum Gasteiger partial charge on any atom is 0.245 e. The Hall–Kier alpha value is -2.15. The zero-order chi connectivity index (χ0) is 16.0. The van der Waals surface area contributed by atoms with E-state index in [9.17, 15) is 9.59 Å². The Morgan fingerprint density at radius 3 is 2.87 bits per heavy atom. The van der Waals surface area contributed by atoms with Gasteiger partial charge in [0.05, 0.1) is 16.1 Å². The minimum atomic E-state index is -0.286. The fraction of sp³-hybridized carbons (Fsp3) is 0.438. The number of benzene rings is 1. The third-order valence-electron chi connectivity index (χ3n) is 4.49. The van der Waals surface area contributed by atoms with E-state index in [4.69, 9.17) is 0 Å². The number of aryl methyl sites for hydroxylation is 1. The van der Waals surface area contributed by atoms with Crippen molar-refractivity contribution in [1.29, 1.82) is 0 Å². The van der Waals surface area contributed by atoms with Crippen LogP contribution in [0.3, 0.4) is 0 Å². The van der Waals surface area contributed by atoms with Crippen LogP contribution in [-0.4, -0.2) is 33.9 Å². The molecule has 7 heteroatoms. The SMILES string of the molecule is Cn1c(=NNC(=O)C2CC(=O)N(C3CC3)C2)sc2ccccc21. The van der Waals surface area contributed by atoms with Gasteiger partial charge in [0.25, 0.3) is 0 Å². The molecule has 1 aromatic carbocycles. The van der Waals surface area contributed by atoms with E-state index in [0.29, 0.717) is 19.0 Å². The average molecular weight is 330 g/mol. The molecule has 2 fully saturated rings. The molecule has 1 atom stereocenters. The van der Waals surface area contributed by atoms with Gasteiger partial charge in [-0.2, -0.15) is 0 Å². The summed E-state index contributed by atoms with van der Waals surface area (Å²) < 4.78 is 3.08. The molecule has 120 valence electrons. The van der Waals surface area contributed by atoms with Crippen LogP contribution in [0.25, 0.3) is 10.2 Å². The smallest absolute Gasteiger partial charge is 0.245 e. The number of para-hydroxylation sites is 1. The lowest BCUT2D eigenvalue weighted by Crippen LogP contribution is -2.32. The van der Waals surface area contributed by atoms with Crippen LogP contribution in [0.5, 0.6) is 0 Å². The lowest BCUT2D eigenvalue weighted by molar-refractivity contribution is -0.129. The molecule has 0 bridgehead atoms. The second-order valence-corrected chi connectivity index (χ2v) is 7.19. The summed E-state index contributed by atoms with van der Waals surface area (Å²) in [6, 6.07) is 8.39. The Bertz CT molecular complexity index is 849. The van der Waals surface area contributed by atoms with Crippen molar-refractivity contribution in [2.24, 2.45) is 18.1 Å². The minimum absolute atomic E-state index is 0.0973. The van der Waals surface area contributed by atoms with E-state index in [2.05, 4.69) is 10.5 Å². The largest absolute Gasteiger partial charge is 0.339 e. The number of likely N-dealkylation sites (tertiary alicyclic amines) is 1. The molecule has 1 saturated heterocycles. The van der Waals surface area contributed by atoms with Crippen LogP contribution in [0, 0.1) is 5.92 Å². The number of rotatable bonds is 3. The number of hydrogen-bond acceptors (Lipinski definition) is 4. The number of aromatic nitrogens is 1. The van der Waals surface area contributed by atoms with Gasteiger partial charge in [-0.25, -0.2) is 5.43 Å². The summed E-state index contributed by atoms with van der Waals surface area (Å²) in [5.41, 5.74) is 3.72. The Balaban J connectivity index is 1.50. The maximum absolute atomic E-state index is 12.3. The van der Waals surface area contributed by atoms with Gasteiger partial charge < -0.3 is 9.47 Å². The maximum atomic E-state index is 12.3. The van der Waals surface area contributed by atoms with Gasteiger partial charge in [0.2, 0.25) is 16.6 Å². The number of amides is 2.